The Kier molecular flexibility index (Phi) is 6.02. The normalized spacial score (nSPS) is 10.6. The van der Waals surface area contributed by atoms with Gasteiger partial charge in [-0.25, -0.2) is 4.98 Å². The molecule has 0 radical (unpaired) electrons. The molecule has 2 heterocycles. The molecule has 3 N–H and O–H groups in total. The van der Waals surface area contributed by atoms with Gasteiger partial charge >= 0.3 is 0 Å². The first-order chi connectivity index (χ1) is 17.0. The lowest BCUT2D eigenvalue weighted by atomic mass is 10.1. The van der Waals surface area contributed by atoms with Gasteiger partial charge < -0.3 is 10.6 Å². The molecule has 0 aliphatic rings. The lowest BCUT2D eigenvalue weighted by Crippen LogP contribution is -2.16. The molecule has 3 aromatic carbocycles. The van der Waals surface area contributed by atoms with Crippen molar-refractivity contribution in [3.63, 3.8) is 0 Å². The van der Waals surface area contributed by atoms with E-state index >= 15 is 0 Å². The summed E-state index contributed by atoms with van der Waals surface area (Å²) in [6, 6.07) is 25.3. The summed E-state index contributed by atoms with van der Waals surface area (Å²) in [5, 5.41) is 17.0. The van der Waals surface area contributed by atoms with Gasteiger partial charge in [0.15, 0.2) is 0 Å². The zero-order valence-electron chi connectivity index (χ0n) is 18.0. The summed E-state index contributed by atoms with van der Waals surface area (Å²) in [5.74, 6) is -0.0196. The molecular formula is C26H16ClN5O2S. The number of nitrogens with zero attached hydrogens (tertiary/aromatic N) is 2. The highest BCUT2D eigenvalue weighted by atomic mass is 35.5. The van der Waals surface area contributed by atoms with E-state index < -0.39 is 5.56 Å². The van der Waals surface area contributed by atoms with Crippen LogP contribution in [-0.2, 0) is 0 Å². The molecule has 0 unspecified atom stereocenters. The third-order valence-corrected chi connectivity index (χ3v) is 6.57. The van der Waals surface area contributed by atoms with E-state index in [0.717, 1.165) is 10.1 Å². The fraction of sp³-hybridized carbons (Fsp3) is 0. The molecule has 0 bridgehead atoms. The average molecular weight is 498 g/mol. The largest absolute Gasteiger partial charge is 0.326 e. The summed E-state index contributed by atoms with van der Waals surface area (Å²) in [4.78, 5) is 32.9. The van der Waals surface area contributed by atoms with Crippen molar-refractivity contribution in [3.8, 4) is 17.3 Å². The van der Waals surface area contributed by atoms with Crippen LogP contribution in [0.5, 0.6) is 0 Å². The molecule has 0 saturated carbocycles. The summed E-state index contributed by atoms with van der Waals surface area (Å²) in [6.45, 7) is 0. The first-order valence-corrected chi connectivity index (χ1v) is 11.7. The Hall–Kier alpha value is -4.45. The molecule has 5 rings (SSSR count). The second-order valence-electron chi connectivity index (χ2n) is 7.56. The Labute approximate surface area is 208 Å². The van der Waals surface area contributed by atoms with Gasteiger partial charge in [-0.05, 0) is 53.9 Å². The first-order valence-electron chi connectivity index (χ1n) is 10.5. The number of rotatable bonds is 5. The van der Waals surface area contributed by atoms with Gasteiger partial charge in [-0.1, -0.05) is 41.9 Å². The minimum absolute atomic E-state index is 0.103. The number of nitrogens with one attached hydrogen (secondary N) is 3. The fourth-order valence-electron chi connectivity index (χ4n) is 3.51. The number of benzene rings is 3. The number of carbonyl (C=O) groups excluding carboxylic acids is 1. The summed E-state index contributed by atoms with van der Waals surface area (Å²) < 4.78 is 1.04. The Morgan fingerprint density at radius 3 is 2.43 bits per heavy atom. The molecule has 35 heavy (non-hydrogen) atoms. The Bertz CT molecular complexity index is 1620. The van der Waals surface area contributed by atoms with Gasteiger partial charge in [0.05, 0.1) is 10.6 Å². The highest BCUT2D eigenvalue weighted by molar-refractivity contribution is 7.20. The summed E-state index contributed by atoms with van der Waals surface area (Å²) in [5.41, 5.74) is 1.39. The quantitative estimate of drug-likeness (QED) is 0.269. The van der Waals surface area contributed by atoms with Crippen LogP contribution in [0.15, 0.2) is 83.7 Å². The SMILES string of the molecule is N#Cc1c(-c2ccc(NC(=O)c3cc4ccccc4s3)cc2)nc(Nc2ccc(Cl)cc2)[nH]c1=O. The molecule has 0 atom stereocenters. The highest BCUT2D eigenvalue weighted by Crippen LogP contribution is 2.27. The maximum Gasteiger partial charge on any atom is 0.270 e. The van der Waals surface area contributed by atoms with E-state index in [0.29, 0.717) is 26.8 Å². The number of thiophene rings is 1. The van der Waals surface area contributed by atoms with Crippen molar-refractivity contribution in [1.82, 2.24) is 9.97 Å². The van der Waals surface area contributed by atoms with Crippen LogP contribution in [0.3, 0.4) is 0 Å². The van der Waals surface area contributed by atoms with Crippen LogP contribution in [-0.4, -0.2) is 15.9 Å². The second-order valence-corrected chi connectivity index (χ2v) is 9.08. The van der Waals surface area contributed by atoms with E-state index in [1.807, 2.05) is 36.4 Å². The van der Waals surface area contributed by atoms with Crippen molar-refractivity contribution >= 4 is 56.3 Å². The van der Waals surface area contributed by atoms with Crippen molar-refractivity contribution in [2.75, 3.05) is 10.6 Å². The van der Waals surface area contributed by atoms with Crippen molar-refractivity contribution in [1.29, 1.82) is 5.26 Å². The standard InChI is InChI=1S/C26H16ClN5O2S/c27-17-7-11-19(12-8-17)30-26-31-23(20(14-28)24(33)32-26)15-5-9-18(10-6-15)29-25(34)22-13-16-3-1-2-4-21(16)35-22/h1-13H,(H,29,34)(H2,30,31,32,33). The van der Waals surface area contributed by atoms with Crippen LogP contribution in [0.1, 0.15) is 15.2 Å². The maximum atomic E-state index is 12.7. The highest BCUT2D eigenvalue weighted by Gasteiger charge is 2.15. The first kappa shape index (κ1) is 22.3. The third kappa shape index (κ3) is 4.77. The van der Waals surface area contributed by atoms with Crippen molar-refractivity contribution in [2.24, 2.45) is 0 Å². The summed E-state index contributed by atoms with van der Waals surface area (Å²) >= 11 is 7.34. The number of hydrogen-bond donors (Lipinski definition) is 3. The Morgan fingerprint density at radius 1 is 1.00 bits per heavy atom. The Balaban J connectivity index is 1.40. The van der Waals surface area contributed by atoms with Gasteiger partial charge in [0.2, 0.25) is 5.95 Å². The molecule has 0 aliphatic heterocycles. The van der Waals surface area contributed by atoms with Crippen LogP contribution in [0.4, 0.5) is 17.3 Å². The minimum Gasteiger partial charge on any atom is -0.326 e. The predicted octanol–water partition coefficient (Wildman–Crippen LogP) is 6.17. The van der Waals surface area contributed by atoms with E-state index in [1.165, 1.54) is 11.3 Å². The van der Waals surface area contributed by atoms with Gasteiger partial charge in [0, 0.05) is 26.7 Å². The second kappa shape index (κ2) is 9.43. The number of H-pyrrole nitrogens is 1. The minimum atomic E-state index is -0.559. The number of halogens is 1. The molecule has 1 amide bonds. The van der Waals surface area contributed by atoms with Crippen LogP contribution < -0.4 is 16.2 Å². The smallest absolute Gasteiger partial charge is 0.270 e. The third-order valence-electron chi connectivity index (χ3n) is 5.20. The fourth-order valence-corrected chi connectivity index (χ4v) is 4.60. The van der Waals surface area contributed by atoms with E-state index in [2.05, 4.69) is 20.6 Å². The molecule has 7 nitrogen and oxygen atoms in total. The van der Waals surface area contributed by atoms with Gasteiger partial charge in [0.25, 0.3) is 11.5 Å². The van der Waals surface area contributed by atoms with Crippen LogP contribution in [0.2, 0.25) is 5.02 Å². The van der Waals surface area contributed by atoms with E-state index in [4.69, 9.17) is 11.6 Å². The van der Waals surface area contributed by atoms with E-state index in [-0.39, 0.29) is 23.1 Å². The van der Waals surface area contributed by atoms with Gasteiger partial charge in [-0.3, -0.25) is 14.6 Å². The summed E-state index contributed by atoms with van der Waals surface area (Å²) in [6.07, 6.45) is 0. The topological polar surface area (TPSA) is 111 Å². The van der Waals surface area contributed by atoms with Gasteiger partial charge in [-0.2, -0.15) is 5.26 Å². The Morgan fingerprint density at radius 2 is 1.71 bits per heavy atom. The molecule has 170 valence electrons. The number of nitriles is 1. The molecule has 0 fully saturated rings. The molecule has 0 saturated heterocycles. The number of anilines is 3. The molecule has 0 aliphatic carbocycles. The van der Waals surface area contributed by atoms with Gasteiger partial charge in [-0.15, -0.1) is 11.3 Å². The monoisotopic (exact) mass is 497 g/mol. The molecule has 0 spiro atoms. The van der Waals surface area contributed by atoms with E-state index in [9.17, 15) is 14.9 Å². The lowest BCUT2D eigenvalue weighted by molar-refractivity contribution is 0.103. The molecular weight excluding hydrogens is 482 g/mol. The van der Waals surface area contributed by atoms with Crippen molar-refractivity contribution in [2.45, 2.75) is 0 Å². The number of fused-ring (bicyclic) bond motifs is 1. The molecule has 2 aromatic heterocycles. The van der Waals surface area contributed by atoms with Gasteiger partial charge in [0.1, 0.15) is 11.6 Å². The lowest BCUT2D eigenvalue weighted by Gasteiger charge is -2.10. The van der Waals surface area contributed by atoms with Crippen LogP contribution in [0, 0.1) is 11.3 Å². The zero-order chi connectivity index (χ0) is 24.4. The zero-order valence-corrected chi connectivity index (χ0v) is 19.6. The predicted molar refractivity (Wildman–Crippen MR) is 140 cm³/mol. The van der Waals surface area contributed by atoms with Crippen molar-refractivity contribution in [3.05, 3.63) is 105 Å². The molecule has 5 aromatic rings. The van der Waals surface area contributed by atoms with Crippen LogP contribution in [0.25, 0.3) is 21.3 Å². The number of aromatic amines is 1. The number of aromatic nitrogens is 2. The maximum absolute atomic E-state index is 12.7. The van der Waals surface area contributed by atoms with Crippen molar-refractivity contribution < 1.29 is 4.79 Å². The molecule has 9 heteroatoms. The number of amides is 1. The average Bonchev–Trinajstić information content (AvgIpc) is 3.30. The summed E-state index contributed by atoms with van der Waals surface area (Å²) in [7, 11) is 0. The number of carbonyl (C=O) groups is 1. The number of hydrogen-bond acceptors (Lipinski definition) is 6. The van der Waals surface area contributed by atoms with Crippen LogP contribution >= 0.6 is 22.9 Å². The van der Waals surface area contributed by atoms with E-state index in [1.54, 1.807) is 48.5 Å².